The molecule has 0 bridgehead atoms. The highest BCUT2D eigenvalue weighted by Crippen LogP contribution is 2.35. The first-order valence-electron chi connectivity index (χ1n) is 9.67. The van der Waals surface area contributed by atoms with Crippen molar-refractivity contribution < 1.29 is 9.53 Å². The number of nitrogens with one attached hydrogen (secondary N) is 1. The Balaban J connectivity index is 1.48. The van der Waals surface area contributed by atoms with Crippen LogP contribution in [0.15, 0.2) is 60.8 Å². The third-order valence-electron chi connectivity index (χ3n) is 5.78. The number of aryl methyl sites for hydroxylation is 1. The third kappa shape index (κ3) is 3.37. The van der Waals surface area contributed by atoms with Crippen LogP contribution in [0.5, 0.6) is 0 Å². The van der Waals surface area contributed by atoms with Crippen molar-refractivity contribution in [2.45, 2.75) is 31.7 Å². The van der Waals surface area contributed by atoms with Gasteiger partial charge in [0, 0.05) is 43.4 Å². The van der Waals surface area contributed by atoms with Crippen LogP contribution in [0.3, 0.4) is 0 Å². The van der Waals surface area contributed by atoms with Gasteiger partial charge in [0.25, 0.3) is 0 Å². The van der Waals surface area contributed by atoms with Crippen LogP contribution < -0.4 is 5.32 Å². The lowest BCUT2D eigenvalue weighted by Gasteiger charge is -2.36. The van der Waals surface area contributed by atoms with Crippen molar-refractivity contribution in [1.82, 2.24) is 9.88 Å². The molecule has 1 aromatic heterocycles. The molecule has 3 aromatic rings. The fraction of sp³-hybridized carbons (Fsp3) is 0.348. The molecule has 4 nitrogen and oxygen atoms in total. The molecule has 0 radical (unpaired) electrons. The summed E-state index contributed by atoms with van der Waals surface area (Å²) in [5.41, 5.74) is 3.11. The quantitative estimate of drug-likeness (QED) is 0.750. The second kappa shape index (κ2) is 7.57. The molecule has 0 saturated carbocycles. The lowest BCUT2D eigenvalue weighted by atomic mass is 9.73. The molecule has 1 aliphatic heterocycles. The highest BCUT2D eigenvalue weighted by atomic mass is 16.5. The summed E-state index contributed by atoms with van der Waals surface area (Å²) in [6.07, 6.45) is 3.56. The van der Waals surface area contributed by atoms with Gasteiger partial charge in [-0.15, -0.1) is 0 Å². The van der Waals surface area contributed by atoms with Gasteiger partial charge in [-0.25, -0.2) is 0 Å². The summed E-state index contributed by atoms with van der Waals surface area (Å²) in [6.45, 7) is 4.77. The molecule has 140 valence electrons. The van der Waals surface area contributed by atoms with E-state index in [-0.39, 0.29) is 5.91 Å². The van der Waals surface area contributed by atoms with E-state index in [0.717, 1.165) is 24.9 Å². The van der Waals surface area contributed by atoms with Gasteiger partial charge in [0.1, 0.15) is 0 Å². The largest absolute Gasteiger partial charge is 0.381 e. The minimum Gasteiger partial charge on any atom is -0.381 e. The van der Waals surface area contributed by atoms with Gasteiger partial charge in [-0.2, -0.15) is 0 Å². The number of carbonyl (C=O) groups is 1. The summed E-state index contributed by atoms with van der Waals surface area (Å²) in [7, 11) is 0. The predicted molar refractivity (Wildman–Crippen MR) is 108 cm³/mol. The first-order valence-corrected chi connectivity index (χ1v) is 9.67. The minimum absolute atomic E-state index is 0.115. The fourth-order valence-electron chi connectivity index (χ4n) is 4.16. The van der Waals surface area contributed by atoms with Gasteiger partial charge >= 0.3 is 0 Å². The Kier molecular flexibility index (Phi) is 4.99. The Labute approximate surface area is 160 Å². The van der Waals surface area contributed by atoms with Gasteiger partial charge in [-0.3, -0.25) is 4.79 Å². The molecule has 2 heterocycles. The monoisotopic (exact) mass is 362 g/mol. The van der Waals surface area contributed by atoms with Crippen LogP contribution in [0, 0.1) is 6.92 Å². The van der Waals surface area contributed by atoms with E-state index in [4.69, 9.17) is 4.74 Å². The number of nitrogens with zero attached hydrogens (tertiary/aromatic N) is 1. The molecule has 27 heavy (non-hydrogen) atoms. The average molecular weight is 362 g/mol. The van der Waals surface area contributed by atoms with Crippen molar-refractivity contribution in [3.63, 3.8) is 0 Å². The normalized spacial score (nSPS) is 16.3. The topological polar surface area (TPSA) is 43.3 Å². The number of ether oxygens (including phenoxy) is 1. The maximum Gasteiger partial charge on any atom is 0.230 e. The number of hydrogen-bond acceptors (Lipinski definition) is 2. The summed E-state index contributed by atoms with van der Waals surface area (Å²) in [5, 5.41) is 4.47. The molecule has 2 aromatic carbocycles. The molecular weight excluding hydrogens is 336 g/mol. The number of benzene rings is 2. The number of fused-ring (bicyclic) bond motifs is 1. The van der Waals surface area contributed by atoms with Crippen molar-refractivity contribution in [2.75, 3.05) is 19.8 Å². The van der Waals surface area contributed by atoms with E-state index in [2.05, 4.69) is 59.4 Å². The van der Waals surface area contributed by atoms with E-state index in [1.165, 1.54) is 16.5 Å². The standard InChI is InChI=1S/C23H26N2O2/c1-18-6-5-9-21-20(18)10-14-25(21)15-13-24-22(26)23(11-16-27-17-12-23)19-7-3-2-4-8-19/h2-10,14H,11-13,15-17H2,1H3,(H,24,26). The summed E-state index contributed by atoms with van der Waals surface area (Å²) < 4.78 is 7.75. The second-order valence-corrected chi connectivity index (χ2v) is 7.33. The van der Waals surface area contributed by atoms with E-state index in [1.807, 2.05) is 18.2 Å². The summed E-state index contributed by atoms with van der Waals surface area (Å²) in [6, 6.07) is 18.6. The molecule has 4 heteroatoms. The summed E-state index contributed by atoms with van der Waals surface area (Å²) in [5.74, 6) is 0.115. The molecule has 1 N–H and O–H groups in total. The number of amides is 1. The Morgan fingerprint density at radius 1 is 1.07 bits per heavy atom. The zero-order chi connectivity index (χ0) is 18.7. The Morgan fingerprint density at radius 2 is 1.85 bits per heavy atom. The molecule has 1 amide bonds. The van der Waals surface area contributed by atoms with E-state index in [0.29, 0.717) is 19.8 Å². The van der Waals surface area contributed by atoms with Crippen LogP contribution in [0.4, 0.5) is 0 Å². The zero-order valence-electron chi connectivity index (χ0n) is 15.8. The molecule has 0 atom stereocenters. The molecule has 1 saturated heterocycles. The Morgan fingerprint density at radius 3 is 2.63 bits per heavy atom. The van der Waals surface area contributed by atoms with Gasteiger partial charge < -0.3 is 14.6 Å². The van der Waals surface area contributed by atoms with Crippen LogP contribution >= 0.6 is 0 Å². The van der Waals surface area contributed by atoms with Crippen molar-refractivity contribution in [3.05, 3.63) is 71.9 Å². The first kappa shape index (κ1) is 17.8. The molecule has 1 fully saturated rings. The summed E-state index contributed by atoms with van der Waals surface area (Å²) >= 11 is 0. The van der Waals surface area contributed by atoms with E-state index < -0.39 is 5.41 Å². The molecule has 0 unspecified atom stereocenters. The van der Waals surface area contributed by atoms with Crippen molar-refractivity contribution >= 4 is 16.8 Å². The first-order chi connectivity index (χ1) is 13.2. The lowest BCUT2D eigenvalue weighted by Crippen LogP contribution is -2.48. The number of aromatic nitrogens is 1. The predicted octanol–water partition coefficient (Wildman–Crippen LogP) is 3.81. The smallest absolute Gasteiger partial charge is 0.230 e. The van der Waals surface area contributed by atoms with Crippen LogP contribution in [0.2, 0.25) is 0 Å². The zero-order valence-corrected chi connectivity index (χ0v) is 15.8. The van der Waals surface area contributed by atoms with Crippen LogP contribution in [0.1, 0.15) is 24.0 Å². The number of carbonyl (C=O) groups excluding carboxylic acids is 1. The van der Waals surface area contributed by atoms with Crippen LogP contribution in [0.25, 0.3) is 10.9 Å². The van der Waals surface area contributed by atoms with Gasteiger partial charge in [0.15, 0.2) is 0 Å². The Bertz CT molecular complexity index is 924. The molecule has 0 aliphatic carbocycles. The van der Waals surface area contributed by atoms with Crippen molar-refractivity contribution in [3.8, 4) is 0 Å². The Hall–Kier alpha value is -2.59. The van der Waals surface area contributed by atoms with Crippen LogP contribution in [-0.4, -0.2) is 30.2 Å². The highest BCUT2D eigenvalue weighted by Gasteiger charge is 2.41. The molecule has 0 spiro atoms. The van der Waals surface area contributed by atoms with E-state index in [1.54, 1.807) is 0 Å². The van der Waals surface area contributed by atoms with E-state index >= 15 is 0 Å². The van der Waals surface area contributed by atoms with Gasteiger partial charge in [-0.1, -0.05) is 42.5 Å². The third-order valence-corrected chi connectivity index (χ3v) is 5.78. The summed E-state index contributed by atoms with van der Waals surface area (Å²) in [4.78, 5) is 13.2. The lowest BCUT2D eigenvalue weighted by molar-refractivity contribution is -0.130. The highest BCUT2D eigenvalue weighted by molar-refractivity contribution is 5.88. The molecular formula is C23H26N2O2. The van der Waals surface area contributed by atoms with Gasteiger partial charge in [-0.05, 0) is 43.0 Å². The second-order valence-electron chi connectivity index (χ2n) is 7.33. The molecule has 1 aliphatic rings. The van der Waals surface area contributed by atoms with Crippen molar-refractivity contribution in [2.24, 2.45) is 0 Å². The van der Waals surface area contributed by atoms with Crippen LogP contribution in [-0.2, 0) is 21.5 Å². The fourth-order valence-corrected chi connectivity index (χ4v) is 4.16. The molecule has 4 rings (SSSR count). The van der Waals surface area contributed by atoms with Gasteiger partial charge in [0.2, 0.25) is 5.91 Å². The SMILES string of the molecule is Cc1cccc2c1ccn2CCNC(=O)C1(c2ccccc2)CCOCC1. The van der Waals surface area contributed by atoms with E-state index in [9.17, 15) is 4.79 Å². The number of rotatable bonds is 5. The average Bonchev–Trinajstić information content (AvgIpc) is 3.13. The van der Waals surface area contributed by atoms with Gasteiger partial charge in [0.05, 0.1) is 5.41 Å². The maximum atomic E-state index is 13.2. The minimum atomic E-state index is -0.477. The number of hydrogen-bond donors (Lipinski definition) is 1. The van der Waals surface area contributed by atoms with Crippen molar-refractivity contribution in [1.29, 1.82) is 0 Å². The maximum absolute atomic E-state index is 13.2.